The number of amides is 2. The van der Waals surface area contributed by atoms with Crippen LogP contribution < -0.4 is 24.4 Å². The van der Waals surface area contributed by atoms with E-state index in [4.69, 9.17) is 9.47 Å². The van der Waals surface area contributed by atoms with Crippen molar-refractivity contribution in [2.45, 2.75) is 13.0 Å². The number of ether oxygens (including phenoxy) is 3. The Labute approximate surface area is 165 Å². The van der Waals surface area contributed by atoms with Gasteiger partial charge in [-0.1, -0.05) is 12.1 Å². The molecule has 1 fully saturated rings. The van der Waals surface area contributed by atoms with E-state index in [9.17, 15) is 18.4 Å². The highest BCUT2D eigenvalue weighted by Crippen LogP contribution is 2.36. The second kappa shape index (κ2) is 7.94. The predicted octanol–water partition coefficient (Wildman–Crippen LogP) is 3.05. The van der Waals surface area contributed by atoms with Crippen molar-refractivity contribution in [3.05, 3.63) is 42.5 Å². The first-order valence-electron chi connectivity index (χ1n) is 9.06. The van der Waals surface area contributed by atoms with E-state index in [1.807, 2.05) is 0 Å². The highest BCUT2D eigenvalue weighted by Gasteiger charge is 2.36. The van der Waals surface area contributed by atoms with Gasteiger partial charge in [-0.2, -0.15) is 8.78 Å². The number of benzene rings is 2. The Morgan fingerprint density at radius 2 is 1.90 bits per heavy atom. The molecule has 2 heterocycles. The predicted molar refractivity (Wildman–Crippen MR) is 99.6 cm³/mol. The molecule has 9 heteroatoms. The van der Waals surface area contributed by atoms with Gasteiger partial charge >= 0.3 is 6.61 Å². The van der Waals surface area contributed by atoms with Crippen LogP contribution in [0.5, 0.6) is 17.2 Å². The Kier molecular flexibility index (Phi) is 5.20. The Bertz CT molecular complexity index is 937. The molecule has 1 saturated heterocycles. The van der Waals surface area contributed by atoms with Gasteiger partial charge in [-0.05, 0) is 24.3 Å². The number of carbonyl (C=O) groups is 2. The number of fused-ring (bicyclic) bond motifs is 1. The summed E-state index contributed by atoms with van der Waals surface area (Å²) in [5.74, 6) is -0.258. The van der Waals surface area contributed by atoms with Crippen LogP contribution in [0.25, 0.3) is 0 Å². The average Bonchev–Trinajstić information content (AvgIpc) is 3.10. The summed E-state index contributed by atoms with van der Waals surface area (Å²) < 4.78 is 40.5. The van der Waals surface area contributed by atoms with Crippen molar-refractivity contribution in [2.24, 2.45) is 5.92 Å². The number of carbonyl (C=O) groups excluding carboxylic acids is 2. The smallest absolute Gasteiger partial charge is 0.387 e. The van der Waals surface area contributed by atoms with E-state index in [1.54, 1.807) is 24.3 Å². The molecule has 0 aromatic heterocycles. The van der Waals surface area contributed by atoms with Crippen molar-refractivity contribution in [3.63, 3.8) is 0 Å². The minimum absolute atomic E-state index is 0.0121. The van der Waals surface area contributed by atoms with Crippen LogP contribution in [0.4, 0.5) is 20.2 Å². The number of nitrogens with one attached hydrogen (secondary N) is 1. The summed E-state index contributed by atoms with van der Waals surface area (Å²) >= 11 is 0. The fourth-order valence-corrected chi connectivity index (χ4v) is 3.34. The van der Waals surface area contributed by atoms with E-state index < -0.39 is 18.4 Å². The van der Waals surface area contributed by atoms with Crippen LogP contribution in [-0.2, 0) is 9.59 Å². The highest BCUT2D eigenvalue weighted by molar-refractivity contribution is 6.04. The normalized spacial score (nSPS) is 18.1. The molecule has 0 saturated carbocycles. The molecule has 1 atom stereocenters. The second-order valence-corrected chi connectivity index (χ2v) is 6.60. The lowest BCUT2D eigenvalue weighted by Gasteiger charge is -2.22. The fourth-order valence-electron chi connectivity index (χ4n) is 3.34. The zero-order chi connectivity index (χ0) is 20.4. The van der Waals surface area contributed by atoms with Crippen molar-refractivity contribution in [1.82, 2.24) is 0 Å². The number of hydrogen-bond acceptors (Lipinski definition) is 5. The maximum Gasteiger partial charge on any atom is 0.387 e. The number of halogens is 2. The van der Waals surface area contributed by atoms with Crippen LogP contribution in [0.2, 0.25) is 0 Å². The Hall–Kier alpha value is -3.36. The molecule has 4 rings (SSSR count). The van der Waals surface area contributed by atoms with Crippen LogP contribution >= 0.6 is 0 Å². The molecule has 0 aliphatic carbocycles. The quantitative estimate of drug-likeness (QED) is 0.829. The summed E-state index contributed by atoms with van der Waals surface area (Å²) in [7, 11) is 0. The van der Waals surface area contributed by atoms with E-state index in [-0.39, 0.29) is 30.3 Å². The maximum atomic E-state index is 12.6. The van der Waals surface area contributed by atoms with Crippen LogP contribution in [0.15, 0.2) is 42.5 Å². The molecule has 7 nitrogen and oxygen atoms in total. The summed E-state index contributed by atoms with van der Waals surface area (Å²) in [5.41, 5.74) is 0.735. The zero-order valence-electron chi connectivity index (χ0n) is 15.3. The molecule has 29 heavy (non-hydrogen) atoms. The lowest BCUT2D eigenvalue weighted by Crippen LogP contribution is -2.28. The Morgan fingerprint density at radius 1 is 1.14 bits per heavy atom. The largest absolute Gasteiger partial charge is 0.486 e. The molecule has 0 spiro atoms. The number of alkyl halides is 2. The summed E-state index contributed by atoms with van der Waals surface area (Å²) in [6, 6.07) is 11.1. The first kappa shape index (κ1) is 19.0. The summed E-state index contributed by atoms with van der Waals surface area (Å²) in [5, 5.41) is 2.58. The van der Waals surface area contributed by atoms with Gasteiger partial charge in [0.25, 0.3) is 0 Å². The summed E-state index contributed by atoms with van der Waals surface area (Å²) in [6.07, 6.45) is 0.0121. The molecule has 1 N–H and O–H groups in total. The van der Waals surface area contributed by atoms with Crippen LogP contribution in [0.1, 0.15) is 6.42 Å². The maximum absolute atomic E-state index is 12.6. The molecule has 0 radical (unpaired) electrons. The number of rotatable bonds is 5. The van der Waals surface area contributed by atoms with Gasteiger partial charge < -0.3 is 24.4 Å². The molecule has 2 aromatic carbocycles. The van der Waals surface area contributed by atoms with E-state index in [0.29, 0.717) is 30.4 Å². The van der Waals surface area contributed by atoms with Crippen LogP contribution in [0.3, 0.4) is 0 Å². The third-order valence-corrected chi connectivity index (χ3v) is 4.69. The molecule has 2 aromatic rings. The molecule has 2 amide bonds. The number of para-hydroxylation sites is 2. The minimum Gasteiger partial charge on any atom is -0.486 e. The van der Waals surface area contributed by atoms with Gasteiger partial charge in [0, 0.05) is 24.7 Å². The van der Waals surface area contributed by atoms with E-state index in [2.05, 4.69) is 10.1 Å². The first-order chi connectivity index (χ1) is 14.0. The molecule has 2 aliphatic heterocycles. The third kappa shape index (κ3) is 4.08. The molecular weight excluding hydrogens is 386 g/mol. The SMILES string of the molecule is O=C(Nc1ccccc1OC(F)F)C1CC(=O)N(c2ccc3c(c2)OCCO3)C1. The average molecular weight is 404 g/mol. The van der Waals surface area contributed by atoms with Gasteiger partial charge in [-0.3, -0.25) is 9.59 Å². The lowest BCUT2D eigenvalue weighted by molar-refractivity contribution is -0.122. The fraction of sp³-hybridized carbons (Fsp3) is 0.300. The van der Waals surface area contributed by atoms with Crippen molar-refractivity contribution < 1.29 is 32.6 Å². The molecule has 0 bridgehead atoms. The lowest BCUT2D eigenvalue weighted by atomic mass is 10.1. The van der Waals surface area contributed by atoms with Crippen LogP contribution in [-0.4, -0.2) is 38.2 Å². The molecular formula is C20H18F2N2O5. The van der Waals surface area contributed by atoms with Crippen molar-refractivity contribution in [2.75, 3.05) is 30.0 Å². The molecule has 2 aliphatic rings. The van der Waals surface area contributed by atoms with Gasteiger partial charge in [0.2, 0.25) is 11.8 Å². The van der Waals surface area contributed by atoms with Crippen molar-refractivity contribution in [1.29, 1.82) is 0 Å². The standard InChI is InChI=1S/C20H18F2N2O5/c21-20(22)29-15-4-2-1-3-14(15)23-19(26)12-9-18(25)24(11-12)13-5-6-16-17(10-13)28-8-7-27-16/h1-6,10,12,20H,7-9,11H2,(H,23,26). The second-order valence-electron chi connectivity index (χ2n) is 6.60. The van der Waals surface area contributed by atoms with Gasteiger partial charge in [-0.15, -0.1) is 0 Å². The monoisotopic (exact) mass is 404 g/mol. The topological polar surface area (TPSA) is 77.1 Å². The molecule has 1 unspecified atom stereocenters. The van der Waals surface area contributed by atoms with Crippen LogP contribution in [0, 0.1) is 5.92 Å². The van der Waals surface area contributed by atoms with Gasteiger partial charge in [0.15, 0.2) is 11.5 Å². The number of anilines is 2. The number of hydrogen-bond donors (Lipinski definition) is 1. The van der Waals surface area contributed by atoms with Gasteiger partial charge in [0.1, 0.15) is 19.0 Å². The van der Waals surface area contributed by atoms with E-state index in [1.165, 1.54) is 23.1 Å². The van der Waals surface area contributed by atoms with Gasteiger partial charge in [0.05, 0.1) is 11.6 Å². The summed E-state index contributed by atoms with van der Waals surface area (Å²) in [6.45, 7) is -1.95. The zero-order valence-corrected chi connectivity index (χ0v) is 15.3. The van der Waals surface area contributed by atoms with Crippen molar-refractivity contribution >= 4 is 23.2 Å². The Morgan fingerprint density at radius 3 is 2.69 bits per heavy atom. The van der Waals surface area contributed by atoms with Crippen molar-refractivity contribution in [3.8, 4) is 17.2 Å². The van der Waals surface area contributed by atoms with Gasteiger partial charge in [-0.25, -0.2) is 0 Å². The van der Waals surface area contributed by atoms with E-state index in [0.717, 1.165) is 0 Å². The third-order valence-electron chi connectivity index (χ3n) is 4.69. The Balaban J connectivity index is 1.46. The van der Waals surface area contributed by atoms with E-state index >= 15 is 0 Å². The molecule has 152 valence electrons. The minimum atomic E-state index is -3.01. The summed E-state index contributed by atoms with van der Waals surface area (Å²) in [4.78, 5) is 26.6. The first-order valence-corrected chi connectivity index (χ1v) is 9.06. The highest BCUT2D eigenvalue weighted by atomic mass is 19.3. The number of nitrogens with zero attached hydrogens (tertiary/aromatic N) is 1.